The molecule has 2 saturated heterocycles. The van der Waals surface area contributed by atoms with Gasteiger partial charge < -0.3 is 19.4 Å². The highest BCUT2D eigenvalue weighted by Crippen LogP contribution is 2.44. The molecule has 0 saturated carbocycles. The van der Waals surface area contributed by atoms with Crippen molar-refractivity contribution in [3.8, 4) is 12.3 Å². The lowest BCUT2D eigenvalue weighted by Gasteiger charge is -2.24. The number of fused-ring (bicyclic) bond motifs is 1. The van der Waals surface area contributed by atoms with E-state index in [1.807, 2.05) is 0 Å². The number of rotatable bonds is 2. The fraction of sp³-hybridized carbons (Fsp3) is 0.300. The van der Waals surface area contributed by atoms with Crippen LogP contribution in [0.1, 0.15) is 12.8 Å². The number of nitrogens with one attached hydrogen (secondary N) is 1. The zero-order valence-electron chi connectivity index (χ0n) is 8.62. The minimum atomic E-state index is -2.35. The molecule has 2 fully saturated rings. The van der Waals surface area contributed by atoms with Crippen molar-refractivity contribution >= 4 is 18.3 Å². The average molecular weight is 219 g/mol. The van der Waals surface area contributed by atoms with Crippen LogP contribution in [0.3, 0.4) is 0 Å². The molecule has 5 nitrogen and oxygen atoms in total. The van der Waals surface area contributed by atoms with E-state index < -0.39 is 18.3 Å². The topological polar surface area (TPSA) is 64.6 Å². The minimum absolute atomic E-state index is 0.0724. The lowest BCUT2D eigenvalue weighted by atomic mass is 9.48. The van der Waals surface area contributed by atoms with Crippen LogP contribution in [-0.2, 0) is 14.1 Å². The van der Waals surface area contributed by atoms with Crippen molar-refractivity contribution in [3.05, 3.63) is 18.2 Å². The van der Waals surface area contributed by atoms with E-state index in [-0.39, 0.29) is 13.0 Å². The van der Waals surface area contributed by atoms with Gasteiger partial charge in [-0.25, -0.2) is 0 Å². The Kier molecular flexibility index (Phi) is 2.31. The van der Waals surface area contributed by atoms with Gasteiger partial charge in [0.15, 0.2) is 0 Å². The van der Waals surface area contributed by atoms with Crippen LogP contribution < -0.4 is 5.32 Å². The molecule has 1 amide bonds. The maximum absolute atomic E-state index is 11.9. The molecular formula is C10H10BNO4. The van der Waals surface area contributed by atoms with Gasteiger partial charge in [0, 0.05) is 5.82 Å². The third-order valence-corrected chi connectivity index (χ3v) is 2.67. The van der Waals surface area contributed by atoms with E-state index in [1.165, 1.54) is 0 Å². The van der Waals surface area contributed by atoms with Gasteiger partial charge in [-0.15, -0.1) is 6.42 Å². The molecule has 16 heavy (non-hydrogen) atoms. The van der Waals surface area contributed by atoms with Crippen LogP contribution in [0.5, 0.6) is 0 Å². The Labute approximate surface area is 93.1 Å². The molecule has 2 rings (SSSR count). The summed E-state index contributed by atoms with van der Waals surface area (Å²) in [6.07, 6.45) is 5.55. The summed E-state index contributed by atoms with van der Waals surface area (Å²) in [5.41, 5.74) is 0. The summed E-state index contributed by atoms with van der Waals surface area (Å²) in [6.45, 7) is 1.35. The lowest BCUT2D eigenvalue weighted by molar-refractivity contribution is -0.133. The number of terminal acetylenes is 1. The first kappa shape index (κ1) is 10.5. The first-order chi connectivity index (χ1) is 7.58. The van der Waals surface area contributed by atoms with Crippen molar-refractivity contribution in [2.45, 2.75) is 12.8 Å². The molecule has 0 aromatic rings. The molecule has 0 spiro atoms. The first-order valence-electron chi connectivity index (χ1n) is 4.88. The van der Waals surface area contributed by atoms with Gasteiger partial charge in [0.2, 0.25) is 5.81 Å². The van der Waals surface area contributed by atoms with Gasteiger partial charge in [-0.05, 0) is 0 Å². The Morgan fingerprint density at radius 3 is 3.06 bits per heavy atom. The van der Waals surface area contributed by atoms with Crippen molar-refractivity contribution in [1.29, 1.82) is 0 Å². The van der Waals surface area contributed by atoms with Gasteiger partial charge in [-0.3, -0.25) is 4.79 Å². The summed E-state index contributed by atoms with van der Waals surface area (Å²) >= 11 is 0. The van der Waals surface area contributed by atoms with Crippen molar-refractivity contribution < 1.29 is 18.9 Å². The maximum Gasteiger partial charge on any atom is 0.640 e. The van der Waals surface area contributed by atoms with E-state index in [9.17, 15) is 9.59 Å². The van der Waals surface area contributed by atoms with Crippen molar-refractivity contribution in [2.24, 2.45) is 0 Å². The van der Waals surface area contributed by atoms with Gasteiger partial charge in [0.1, 0.15) is 12.8 Å². The Morgan fingerprint density at radius 1 is 1.62 bits per heavy atom. The minimum Gasteiger partial charge on any atom is -0.637 e. The van der Waals surface area contributed by atoms with Crippen LogP contribution >= 0.6 is 0 Å². The molecule has 1 unspecified atom stereocenters. The van der Waals surface area contributed by atoms with Crippen LogP contribution in [0.25, 0.3) is 0 Å². The molecule has 0 aromatic heterocycles. The molecule has 1 atom stereocenters. The number of amides is 1. The first-order valence-corrected chi connectivity index (χ1v) is 4.88. The largest absolute Gasteiger partial charge is 0.640 e. The van der Waals surface area contributed by atoms with Crippen LogP contribution in [0.2, 0.25) is 0 Å². The molecule has 0 bridgehead atoms. The van der Waals surface area contributed by atoms with Crippen LogP contribution in [0, 0.1) is 18.2 Å². The number of hydrogen-bond acceptors (Lipinski definition) is 4. The maximum atomic E-state index is 11.9. The molecule has 0 aromatic carbocycles. The van der Waals surface area contributed by atoms with E-state index in [0.29, 0.717) is 18.0 Å². The summed E-state index contributed by atoms with van der Waals surface area (Å²) in [4.78, 5) is 23.0. The third-order valence-electron chi connectivity index (χ3n) is 2.67. The highest BCUT2D eigenvalue weighted by atomic mass is 16.6. The second-order valence-electron chi connectivity index (χ2n) is 3.79. The normalized spacial score (nSPS) is 26.8. The summed E-state index contributed by atoms with van der Waals surface area (Å²) in [6, 6.07) is 0. The molecule has 2 aliphatic heterocycles. The van der Waals surface area contributed by atoms with Crippen molar-refractivity contribution in [1.82, 2.24) is 5.32 Å². The Bertz CT molecular complexity index is 392. The Morgan fingerprint density at radius 2 is 2.38 bits per heavy atom. The molecule has 82 valence electrons. The van der Waals surface area contributed by atoms with E-state index in [4.69, 9.17) is 15.7 Å². The molecule has 6 heteroatoms. The second-order valence-corrected chi connectivity index (χ2v) is 3.79. The van der Waals surface area contributed by atoms with Gasteiger partial charge in [-0.1, -0.05) is 12.5 Å². The van der Waals surface area contributed by atoms with Crippen LogP contribution in [-0.4, -0.2) is 24.9 Å². The smallest absolute Gasteiger partial charge is 0.637 e. The highest BCUT2D eigenvalue weighted by molar-refractivity contribution is 7.03. The van der Waals surface area contributed by atoms with Crippen molar-refractivity contribution in [2.75, 3.05) is 6.54 Å². The van der Waals surface area contributed by atoms with Crippen LogP contribution in [0.15, 0.2) is 12.3 Å². The number of allylic oxidation sites excluding steroid dienone is 1. The molecule has 2 aliphatic rings. The highest BCUT2D eigenvalue weighted by Gasteiger charge is 2.68. The third kappa shape index (κ3) is 1.41. The summed E-state index contributed by atoms with van der Waals surface area (Å²) in [5, 5.41) is 2.47. The van der Waals surface area contributed by atoms with Gasteiger partial charge in [0.05, 0.1) is 12.3 Å². The number of carbonyl (C=O) groups excluding carboxylic acids is 2. The quantitative estimate of drug-likeness (QED) is 0.413. The summed E-state index contributed by atoms with van der Waals surface area (Å²) in [7, 11) is 0. The lowest BCUT2D eigenvalue weighted by Crippen LogP contribution is -2.54. The van der Waals surface area contributed by atoms with E-state index in [0.717, 1.165) is 0 Å². The molecular weight excluding hydrogens is 209 g/mol. The molecule has 1 N–H and O–H groups in total. The van der Waals surface area contributed by atoms with Gasteiger partial charge in [0.25, 0.3) is 0 Å². The van der Waals surface area contributed by atoms with E-state index in [1.54, 1.807) is 0 Å². The fourth-order valence-electron chi connectivity index (χ4n) is 2.03. The average Bonchev–Trinajstić information content (AvgIpc) is 2.66. The predicted octanol–water partition coefficient (Wildman–Crippen LogP) is 0.348. The van der Waals surface area contributed by atoms with Crippen LogP contribution in [0.4, 0.5) is 4.79 Å². The number of hydrogen-bond donors (Lipinski definition) is 1. The SMILES string of the molecule is C#CCNC(=O)[B-]12OC(=C)C[C+]1CC(=O)O2. The number of carbonyl (C=O) groups is 2. The molecule has 2 heterocycles. The van der Waals surface area contributed by atoms with E-state index in [2.05, 4.69) is 17.8 Å². The summed E-state index contributed by atoms with van der Waals surface area (Å²) < 4.78 is 10.3. The predicted molar refractivity (Wildman–Crippen MR) is 56.8 cm³/mol. The Hall–Kier alpha value is -2.03. The monoisotopic (exact) mass is 219 g/mol. The molecule has 0 radical (unpaired) electrons. The second kappa shape index (κ2) is 3.52. The Balaban J connectivity index is 2.21. The van der Waals surface area contributed by atoms with Gasteiger partial charge >= 0.3 is 12.5 Å². The van der Waals surface area contributed by atoms with Gasteiger partial charge in [-0.2, -0.15) is 0 Å². The molecule has 0 aliphatic carbocycles. The zero-order valence-corrected chi connectivity index (χ0v) is 8.62. The zero-order chi connectivity index (χ0) is 11.8. The fourth-order valence-corrected chi connectivity index (χ4v) is 2.03. The summed E-state index contributed by atoms with van der Waals surface area (Å²) in [5.74, 6) is 2.42. The van der Waals surface area contributed by atoms with Crippen molar-refractivity contribution in [3.63, 3.8) is 0 Å². The van der Waals surface area contributed by atoms with E-state index >= 15 is 0 Å². The standard InChI is InChI=1S/C10H10BNO4/c1-3-4-12-10(14)11-8(5-7(2)15-11)6-9(13)16-11/h1H,2,4-6H2,(H,12,14).